The average Bonchev–Trinajstić information content (AvgIpc) is 2.19. The molecule has 1 rings (SSSR count). The van der Waals surface area contributed by atoms with Gasteiger partial charge in [0.25, 0.3) is 0 Å². The first-order chi connectivity index (χ1) is 5.16. The molecular weight excluding hydrogens is 144 g/mol. The molecule has 3 nitrogen and oxygen atoms in total. The Morgan fingerprint density at radius 1 is 1.45 bits per heavy atom. The first-order valence-electron chi connectivity index (χ1n) is 3.77. The van der Waals surface area contributed by atoms with Gasteiger partial charge in [-0.15, -0.1) is 0 Å². The zero-order valence-corrected chi connectivity index (χ0v) is 6.45. The second-order valence-electron chi connectivity index (χ2n) is 2.76. The Labute approximate surface area is 65.3 Å². The third-order valence-corrected chi connectivity index (χ3v) is 1.84. The maximum atomic E-state index is 10.8. The zero-order chi connectivity index (χ0) is 8.43. The van der Waals surface area contributed by atoms with Crippen molar-refractivity contribution in [1.29, 1.82) is 0 Å². The lowest BCUT2D eigenvalue weighted by Crippen LogP contribution is -2.27. The Balaban J connectivity index is 2.67. The maximum absolute atomic E-state index is 10.8. The highest BCUT2D eigenvalue weighted by Crippen LogP contribution is 2.20. The molecule has 0 spiro atoms. The molecule has 1 aliphatic rings. The molecule has 0 aromatic rings. The van der Waals surface area contributed by atoms with E-state index < -0.39 is 12.2 Å². The van der Waals surface area contributed by atoms with E-state index in [2.05, 4.69) is 0 Å². The fourth-order valence-electron chi connectivity index (χ4n) is 1.22. The van der Waals surface area contributed by atoms with Crippen LogP contribution in [0.4, 0.5) is 0 Å². The summed E-state index contributed by atoms with van der Waals surface area (Å²) in [5.41, 5.74) is 0.657. The van der Waals surface area contributed by atoms with Crippen LogP contribution in [0.1, 0.15) is 19.8 Å². The van der Waals surface area contributed by atoms with Gasteiger partial charge in [0.1, 0.15) is 12.2 Å². The van der Waals surface area contributed by atoms with Crippen molar-refractivity contribution in [2.24, 2.45) is 0 Å². The van der Waals surface area contributed by atoms with Crippen molar-refractivity contribution in [2.45, 2.75) is 32.0 Å². The normalized spacial score (nSPS) is 30.8. The largest absolute Gasteiger partial charge is 0.386 e. The Morgan fingerprint density at radius 3 is 2.45 bits per heavy atom. The van der Waals surface area contributed by atoms with Crippen LogP contribution in [0.2, 0.25) is 0 Å². The molecule has 3 heteroatoms. The van der Waals surface area contributed by atoms with Gasteiger partial charge in [-0.2, -0.15) is 0 Å². The molecular formula is C8H12O3. The van der Waals surface area contributed by atoms with Crippen LogP contribution < -0.4 is 0 Å². The lowest BCUT2D eigenvalue weighted by Gasteiger charge is -2.09. The van der Waals surface area contributed by atoms with Gasteiger partial charge < -0.3 is 10.2 Å². The number of carbonyl (C=O) groups excluding carboxylic acids is 1. The Kier molecular flexibility index (Phi) is 2.42. The first-order valence-corrected chi connectivity index (χ1v) is 3.77. The number of aliphatic hydroxyl groups is 2. The van der Waals surface area contributed by atoms with E-state index in [0.717, 1.165) is 6.42 Å². The lowest BCUT2D eigenvalue weighted by atomic mass is 10.1. The quantitative estimate of drug-likeness (QED) is 0.592. The van der Waals surface area contributed by atoms with E-state index in [1.807, 2.05) is 6.92 Å². The summed E-state index contributed by atoms with van der Waals surface area (Å²) in [6, 6.07) is 0. The molecule has 0 radical (unpaired) electrons. The van der Waals surface area contributed by atoms with Crippen LogP contribution in [0.15, 0.2) is 11.6 Å². The van der Waals surface area contributed by atoms with Crippen molar-refractivity contribution < 1.29 is 15.0 Å². The van der Waals surface area contributed by atoms with Crippen molar-refractivity contribution >= 4 is 5.78 Å². The van der Waals surface area contributed by atoms with E-state index >= 15 is 0 Å². The maximum Gasteiger partial charge on any atom is 0.187 e. The van der Waals surface area contributed by atoms with Crippen molar-refractivity contribution in [3.8, 4) is 0 Å². The monoisotopic (exact) mass is 156 g/mol. The second-order valence-corrected chi connectivity index (χ2v) is 2.76. The van der Waals surface area contributed by atoms with Crippen molar-refractivity contribution in [2.75, 3.05) is 0 Å². The molecule has 0 fully saturated rings. The molecule has 0 amide bonds. The van der Waals surface area contributed by atoms with Crippen LogP contribution in [0, 0.1) is 0 Å². The van der Waals surface area contributed by atoms with Gasteiger partial charge in [-0.3, -0.25) is 4.79 Å². The van der Waals surface area contributed by atoms with Crippen LogP contribution in [-0.4, -0.2) is 28.2 Å². The van der Waals surface area contributed by atoms with Crippen LogP contribution in [0.5, 0.6) is 0 Å². The standard InChI is InChI=1S/C8H12O3/c1-2-3-5-4-6(9)8(11)7(5)10/h4,7-8,10-11H,2-3H2,1H3/t7-,8-/m0/s1. The first kappa shape index (κ1) is 8.43. The van der Waals surface area contributed by atoms with Crippen LogP contribution >= 0.6 is 0 Å². The van der Waals surface area contributed by atoms with E-state index in [4.69, 9.17) is 5.11 Å². The smallest absolute Gasteiger partial charge is 0.187 e. The summed E-state index contributed by atoms with van der Waals surface area (Å²) in [6.45, 7) is 1.96. The molecule has 0 bridgehead atoms. The average molecular weight is 156 g/mol. The number of rotatable bonds is 2. The summed E-state index contributed by atoms with van der Waals surface area (Å²) in [7, 11) is 0. The van der Waals surface area contributed by atoms with Gasteiger partial charge in [0.05, 0.1) is 0 Å². The van der Waals surface area contributed by atoms with Gasteiger partial charge in [-0.05, 0) is 18.1 Å². The van der Waals surface area contributed by atoms with E-state index in [1.54, 1.807) is 0 Å². The topological polar surface area (TPSA) is 57.5 Å². The van der Waals surface area contributed by atoms with Gasteiger partial charge in [0, 0.05) is 0 Å². The van der Waals surface area contributed by atoms with E-state index in [-0.39, 0.29) is 5.78 Å². The minimum Gasteiger partial charge on any atom is -0.386 e. The van der Waals surface area contributed by atoms with Crippen molar-refractivity contribution in [3.63, 3.8) is 0 Å². The van der Waals surface area contributed by atoms with Gasteiger partial charge in [-0.1, -0.05) is 13.3 Å². The fraction of sp³-hybridized carbons (Fsp3) is 0.625. The summed E-state index contributed by atoms with van der Waals surface area (Å²) < 4.78 is 0. The summed E-state index contributed by atoms with van der Waals surface area (Å²) in [4.78, 5) is 10.8. The Morgan fingerprint density at radius 2 is 2.09 bits per heavy atom. The van der Waals surface area contributed by atoms with E-state index in [9.17, 15) is 9.90 Å². The predicted octanol–water partition coefficient (Wildman–Crippen LogP) is 0.0174. The fourth-order valence-corrected chi connectivity index (χ4v) is 1.22. The summed E-state index contributed by atoms with van der Waals surface area (Å²) >= 11 is 0. The predicted molar refractivity (Wildman–Crippen MR) is 40.0 cm³/mol. The molecule has 0 saturated carbocycles. The molecule has 0 heterocycles. The van der Waals surface area contributed by atoms with Gasteiger partial charge >= 0.3 is 0 Å². The molecule has 1 aliphatic carbocycles. The minimum atomic E-state index is -1.21. The number of carbonyl (C=O) groups is 1. The molecule has 0 aromatic carbocycles. The Hall–Kier alpha value is -0.670. The molecule has 0 saturated heterocycles. The van der Waals surface area contributed by atoms with Gasteiger partial charge in [0.2, 0.25) is 0 Å². The number of aliphatic hydroxyl groups excluding tert-OH is 2. The van der Waals surface area contributed by atoms with Crippen LogP contribution in [0.3, 0.4) is 0 Å². The molecule has 0 aliphatic heterocycles. The number of hydrogen-bond acceptors (Lipinski definition) is 3. The second kappa shape index (κ2) is 3.15. The Bertz CT molecular complexity index is 196. The lowest BCUT2D eigenvalue weighted by molar-refractivity contribution is -0.124. The molecule has 2 N–H and O–H groups in total. The molecule has 0 unspecified atom stereocenters. The third-order valence-electron chi connectivity index (χ3n) is 1.84. The molecule has 62 valence electrons. The van der Waals surface area contributed by atoms with E-state index in [1.165, 1.54) is 6.08 Å². The zero-order valence-electron chi connectivity index (χ0n) is 6.45. The SMILES string of the molecule is CCCC1=CC(=O)[C@H](O)[C@H]1O. The van der Waals surface area contributed by atoms with Crippen LogP contribution in [0.25, 0.3) is 0 Å². The van der Waals surface area contributed by atoms with Gasteiger partial charge in [0.15, 0.2) is 5.78 Å². The third kappa shape index (κ3) is 1.49. The van der Waals surface area contributed by atoms with Crippen molar-refractivity contribution in [3.05, 3.63) is 11.6 Å². The highest BCUT2D eigenvalue weighted by atomic mass is 16.3. The minimum absolute atomic E-state index is 0.374. The number of ketones is 1. The highest BCUT2D eigenvalue weighted by molar-refractivity contribution is 5.97. The molecule has 0 aromatic heterocycles. The molecule has 2 atom stereocenters. The van der Waals surface area contributed by atoms with Crippen molar-refractivity contribution in [1.82, 2.24) is 0 Å². The van der Waals surface area contributed by atoms with E-state index in [0.29, 0.717) is 12.0 Å². The van der Waals surface area contributed by atoms with Gasteiger partial charge in [-0.25, -0.2) is 0 Å². The summed E-state index contributed by atoms with van der Waals surface area (Å²) in [5, 5.41) is 18.2. The summed E-state index contributed by atoms with van der Waals surface area (Å²) in [5.74, 6) is -0.374. The molecule has 11 heavy (non-hydrogen) atoms. The summed E-state index contributed by atoms with van der Waals surface area (Å²) in [6.07, 6.45) is 0.741. The number of hydrogen-bond donors (Lipinski definition) is 2. The van der Waals surface area contributed by atoms with Crippen LogP contribution in [-0.2, 0) is 4.79 Å². The highest BCUT2D eigenvalue weighted by Gasteiger charge is 2.31.